The summed E-state index contributed by atoms with van der Waals surface area (Å²) in [6.45, 7) is 0. The minimum atomic E-state index is -0.444. The van der Waals surface area contributed by atoms with Crippen molar-refractivity contribution in [1.82, 2.24) is 0 Å². The standard InChI is InChI=1S/C11H9NO2/c12-11-9(7-10(13)14-11)6-8-4-2-1-3-5-8/h1-5,7,12H,6H2. The smallest absolute Gasteiger partial charge is 0.337 e. The van der Waals surface area contributed by atoms with E-state index in [2.05, 4.69) is 4.74 Å². The number of hydrogen-bond donors (Lipinski definition) is 1. The van der Waals surface area contributed by atoms with Crippen molar-refractivity contribution in [2.75, 3.05) is 0 Å². The number of carbonyl (C=O) groups is 1. The van der Waals surface area contributed by atoms with E-state index in [1.165, 1.54) is 6.08 Å². The van der Waals surface area contributed by atoms with Gasteiger partial charge in [-0.05, 0) is 5.56 Å². The maximum absolute atomic E-state index is 10.8. The van der Waals surface area contributed by atoms with E-state index in [-0.39, 0.29) is 5.90 Å². The van der Waals surface area contributed by atoms with E-state index in [0.29, 0.717) is 12.0 Å². The number of esters is 1. The normalized spacial score (nSPS) is 15.3. The Labute approximate surface area is 81.5 Å². The molecule has 14 heavy (non-hydrogen) atoms. The van der Waals surface area contributed by atoms with Crippen LogP contribution in [-0.4, -0.2) is 11.9 Å². The van der Waals surface area contributed by atoms with Gasteiger partial charge in [0.1, 0.15) is 0 Å². The van der Waals surface area contributed by atoms with Gasteiger partial charge < -0.3 is 4.74 Å². The minimum absolute atomic E-state index is 0.0288. The predicted molar refractivity (Wildman–Crippen MR) is 52.0 cm³/mol. The van der Waals surface area contributed by atoms with E-state index < -0.39 is 5.97 Å². The summed E-state index contributed by atoms with van der Waals surface area (Å²) in [5.41, 5.74) is 1.71. The lowest BCUT2D eigenvalue weighted by Gasteiger charge is -2.00. The van der Waals surface area contributed by atoms with Crippen LogP contribution in [0, 0.1) is 5.41 Å². The molecule has 0 spiro atoms. The van der Waals surface area contributed by atoms with Gasteiger partial charge in [0.25, 0.3) is 0 Å². The van der Waals surface area contributed by atoms with Crippen LogP contribution in [0.15, 0.2) is 42.0 Å². The van der Waals surface area contributed by atoms with Crippen molar-refractivity contribution in [2.24, 2.45) is 0 Å². The molecule has 0 saturated heterocycles. The SMILES string of the molecule is N=C1OC(=O)C=C1Cc1ccccc1. The molecule has 1 N–H and O–H groups in total. The largest absolute Gasteiger partial charge is 0.405 e. The number of benzene rings is 1. The van der Waals surface area contributed by atoms with Gasteiger partial charge in [0.05, 0.1) is 0 Å². The molecule has 1 aliphatic heterocycles. The van der Waals surface area contributed by atoms with Crippen LogP contribution < -0.4 is 0 Å². The Bertz CT molecular complexity index is 407. The molecule has 3 heteroatoms. The van der Waals surface area contributed by atoms with Crippen molar-refractivity contribution in [3.05, 3.63) is 47.5 Å². The van der Waals surface area contributed by atoms with Crippen molar-refractivity contribution in [1.29, 1.82) is 5.41 Å². The highest BCUT2D eigenvalue weighted by Crippen LogP contribution is 2.14. The molecule has 1 aromatic carbocycles. The van der Waals surface area contributed by atoms with Gasteiger partial charge in [-0.1, -0.05) is 30.3 Å². The number of carbonyl (C=O) groups excluding carboxylic acids is 1. The summed E-state index contributed by atoms with van der Waals surface area (Å²) in [6, 6.07) is 9.70. The lowest BCUT2D eigenvalue weighted by molar-refractivity contribution is -0.129. The van der Waals surface area contributed by atoms with Crippen molar-refractivity contribution >= 4 is 11.9 Å². The summed E-state index contributed by atoms with van der Waals surface area (Å²) in [7, 11) is 0. The average molecular weight is 187 g/mol. The Morgan fingerprint density at radius 3 is 2.50 bits per heavy atom. The van der Waals surface area contributed by atoms with Crippen molar-refractivity contribution in [3.8, 4) is 0 Å². The second-order valence-corrected chi connectivity index (χ2v) is 3.08. The molecule has 0 amide bonds. The monoisotopic (exact) mass is 187 g/mol. The molecular weight excluding hydrogens is 178 g/mol. The molecule has 0 fully saturated rings. The summed E-state index contributed by atoms with van der Waals surface area (Å²) in [5.74, 6) is -0.472. The zero-order valence-electron chi connectivity index (χ0n) is 7.49. The van der Waals surface area contributed by atoms with Crippen LogP contribution in [0.25, 0.3) is 0 Å². The van der Waals surface area contributed by atoms with Crippen LogP contribution in [0.2, 0.25) is 0 Å². The Hall–Kier alpha value is -1.90. The first kappa shape index (κ1) is 8.69. The van der Waals surface area contributed by atoms with Crippen LogP contribution >= 0.6 is 0 Å². The van der Waals surface area contributed by atoms with Crippen molar-refractivity contribution in [3.63, 3.8) is 0 Å². The zero-order valence-corrected chi connectivity index (χ0v) is 7.49. The summed E-state index contributed by atoms with van der Waals surface area (Å²) < 4.78 is 4.60. The first-order chi connectivity index (χ1) is 6.75. The Morgan fingerprint density at radius 2 is 1.93 bits per heavy atom. The number of ether oxygens (including phenoxy) is 1. The molecular formula is C11H9NO2. The van der Waals surface area contributed by atoms with Crippen molar-refractivity contribution in [2.45, 2.75) is 6.42 Å². The molecule has 70 valence electrons. The molecule has 0 bridgehead atoms. The highest BCUT2D eigenvalue weighted by atomic mass is 16.5. The van der Waals surface area contributed by atoms with E-state index in [4.69, 9.17) is 5.41 Å². The van der Waals surface area contributed by atoms with Crippen molar-refractivity contribution < 1.29 is 9.53 Å². The van der Waals surface area contributed by atoms with Gasteiger partial charge in [0.2, 0.25) is 5.90 Å². The summed E-state index contributed by atoms with van der Waals surface area (Å²) >= 11 is 0. The van der Waals surface area contributed by atoms with Gasteiger partial charge in [-0.15, -0.1) is 0 Å². The molecule has 0 atom stereocenters. The second-order valence-electron chi connectivity index (χ2n) is 3.08. The fourth-order valence-electron chi connectivity index (χ4n) is 1.35. The van der Waals surface area contributed by atoms with E-state index in [1.54, 1.807) is 0 Å². The van der Waals surface area contributed by atoms with Crippen LogP contribution in [-0.2, 0) is 16.0 Å². The van der Waals surface area contributed by atoms with E-state index in [9.17, 15) is 4.79 Å². The van der Waals surface area contributed by atoms with Crippen LogP contribution in [0.4, 0.5) is 0 Å². The summed E-state index contributed by atoms with van der Waals surface area (Å²) in [4.78, 5) is 10.8. The summed E-state index contributed by atoms with van der Waals surface area (Å²) in [5, 5.41) is 7.37. The third kappa shape index (κ3) is 1.71. The lowest BCUT2D eigenvalue weighted by atomic mass is 10.1. The number of hydrogen-bond acceptors (Lipinski definition) is 3. The van der Waals surface area contributed by atoms with E-state index in [0.717, 1.165) is 5.56 Å². The number of cyclic esters (lactones) is 1. The predicted octanol–water partition coefficient (Wildman–Crippen LogP) is 1.69. The molecule has 0 radical (unpaired) electrons. The third-order valence-corrected chi connectivity index (χ3v) is 2.02. The minimum Gasteiger partial charge on any atom is -0.405 e. The first-order valence-electron chi connectivity index (χ1n) is 4.31. The maximum atomic E-state index is 10.8. The number of nitrogens with one attached hydrogen (secondary N) is 1. The van der Waals surface area contributed by atoms with Gasteiger partial charge in [0, 0.05) is 18.1 Å². The van der Waals surface area contributed by atoms with Crippen LogP contribution in [0.1, 0.15) is 5.56 Å². The fraction of sp³-hybridized carbons (Fsp3) is 0.0909. The molecule has 0 saturated carbocycles. The van der Waals surface area contributed by atoms with Crippen LogP contribution in [0.5, 0.6) is 0 Å². The lowest BCUT2D eigenvalue weighted by Crippen LogP contribution is -2.02. The van der Waals surface area contributed by atoms with Gasteiger partial charge in [-0.3, -0.25) is 5.41 Å². The highest BCUT2D eigenvalue weighted by molar-refractivity contribution is 6.10. The van der Waals surface area contributed by atoms with Gasteiger partial charge in [0.15, 0.2) is 0 Å². The third-order valence-electron chi connectivity index (χ3n) is 2.02. The van der Waals surface area contributed by atoms with Gasteiger partial charge in [-0.2, -0.15) is 0 Å². The van der Waals surface area contributed by atoms with Gasteiger partial charge >= 0.3 is 5.97 Å². The average Bonchev–Trinajstić information content (AvgIpc) is 2.47. The molecule has 0 aromatic heterocycles. The molecule has 0 unspecified atom stereocenters. The zero-order chi connectivity index (χ0) is 9.97. The Balaban J connectivity index is 2.16. The van der Waals surface area contributed by atoms with E-state index >= 15 is 0 Å². The fourth-order valence-corrected chi connectivity index (χ4v) is 1.35. The molecule has 1 aliphatic rings. The topological polar surface area (TPSA) is 50.1 Å². The Morgan fingerprint density at radius 1 is 1.21 bits per heavy atom. The van der Waals surface area contributed by atoms with Gasteiger partial charge in [-0.25, -0.2) is 4.79 Å². The number of rotatable bonds is 2. The Kier molecular flexibility index (Phi) is 2.14. The molecule has 0 aliphatic carbocycles. The molecule has 1 aromatic rings. The summed E-state index contributed by atoms with van der Waals surface area (Å²) in [6.07, 6.45) is 1.95. The maximum Gasteiger partial charge on any atom is 0.337 e. The first-order valence-corrected chi connectivity index (χ1v) is 4.31. The van der Waals surface area contributed by atoms with E-state index in [1.807, 2.05) is 30.3 Å². The van der Waals surface area contributed by atoms with Crippen LogP contribution in [0.3, 0.4) is 0 Å². The molecule has 1 heterocycles. The second kappa shape index (κ2) is 3.46. The quantitative estimate of drug-likeness (QED) is 0.716. The highest BCUT2D eigenvalue weighted by Gasteiger charge is 2.19. The molecule has 2 rings (SSSR count). The molecule has 3 nitrogen and oxygen atoms in total.